The van der Waals surface area contributed by atoms with Gasteiger partial charge in [-0.05, 0) is 6.42 Å². The number of nitrogens with one attached hydrogen (secondary N) is 2. The molecule has 1 unspecified atom stereocenters. The lowest BCUT2D eigenvalue weighted by molar-refractivity contribution is -0.122. The van der Waals surface area contributed by atoms with E-state index >= 15 is 0 Å². The van der Waals surface area contributed by atoms with E-state index in [-0.39, 0.29) is 11.9 Å². The summed E-state index contributed by atoms with van der Waals surface area (Å²) in [5, 5.41) is 2.70. The minimum absolute atomic E-state index is 0.126. The molecule has 0 spiro atoms. The van der Waals surface area contributed by atoms with Crippen LogP contribution < -0.4 is 16.6 Å². The summed E-state index contributed by atoms with van der Waals surface area (Å²) in [5.41, 5.74) is 2.61. The quantitative estimate of drug-likeness (QED) is 0.305. The van der Waals surface area contributed by atoms with Crippen LogP contribution in [0.3, 0.4) is 0 Å². The Kier molecular flexibility index (Phi) is 2.02. The molecular formula is C5H11N3O. The molecule has 1 amide bonds. The van der Waals surface area contributed by atoms with E-state index in [1.165, 1.54) is 0 Å². The van der Waals surface area contributed by atoms with E-state index in [9.17, 15) is 4.79 Å². The minimum Gasteiger partial charge on any atom is -0.354 e. The first-order valence-corrected chi connectivity index (χ1v) is 3.06. The molecule has 4 nitrogen and oxygen atoms in total. The van der Waals surface area contributed by atoms with Gasteiger partial charge in [-0.15, -0.1) is 0 Å². The number of hydrogen-bond acceptors (Lipinski definition) is 3. The number of carbonyl (C=O) groups excluding carboxylic acids is 1. The highest BCUT2D eigenvalue weighted by Crippen LogP contribution is 2.00. The van der Waals surface area contributed by atoms with E-state index in [4.69, 9.17) is 5.84 Å². The largest absolute Gasteiger partial charge is 0.354 e. The molecule has 1 saturated heterocycles. The molecule has 0 aromatic heterocycles. The summed E-state index contributed by atoms with van der Waals surface area (Å²) in [4.78, 5) is 10.5. The second-order valence-corrected chi connectivity index (χ2v) is 2.21. The van der Waals surface area contributed by atoms with Crippen molar-refractivity contribution >= 4 is 5.91 Å². The first kappa shape index (κ1) is 6.51. The fourth-order valence-electron chi connectivity index (χ4n) is 0.875. The van der Waals surface area contributed by atoms with E-state index in [1.807, 2.05) is 0 Å². The molecule has 4 heteroatoms. The predicted octanol–water partition coefficient (Wildman–Crippen LogP) is -1.27. The van der Waals surface area contributed by atoms with Crippen LogP contribution in [0.15, 0.2) is 0 Å². The molecule has 0 bridgehead atoms. The van der Waals surface area contributed by atoms with Gasteiger partial charge < -0.3 is 5.32 Å². The third kappa shape index (κ3) is 1.65. The second-order valence-electron chi connectivity index (χ2n) is 2.21. The lowest BCUT2D eigenvalue weighted by Gasteiger charge is -2.20. The summed E-state index contributed by atoms with van der Waals surface area (Å²) in [7, 11) is 0. The molecule has 0 aliphatic carbocycles. The first-order chi connectivity index (χ1) is 4.33. The zero-order valence-corrected chi connectivity index (χ0v) is 5.18. The standard InChI is InChI=1S/C5H11N3O/c6-8-4-1-2-5(9)7-3-4/h4,8H,1-3,6H2,(H,7,9). The molecule has 1 atom stereocenters. The van der Waals surface area contributed by atoms with Gasteiger partial charge in [0, 0.05) is 19.0 Å². The summed E-state index contributed by atoms with van der Waals surface area (Å²) in [6.07, 6.45) is 1.44. The lowest BCUT2D eigenvalue weighted by Crippen LogP contribution is -2.48. The number of rotatable bonds is 1. The van der Waals surface area contributed by atoms with E-state index in [0.29, 0.717) is 13.0 Å². The zero-order chi connectivity index (χ0) is 6.69. The molecule has 1 aliphatic heterocycles. The SMILES string of the molecule is NNC1CCC(=O)NC1. The van der Waals surface area contributed by atoms with Crippen LogP contribution in [-0.4, -0.2) is 18.5 Å². The fraction of sp³-hybridized carbons (Fsp3) is 0.800. The van der Waals surface area contributed by atoms with Crippen molar-refractivity contribution < 1.29 is 4.79 Å². The average Bonchev–Trinajstić information content (AvgIpc) is 1.90. The fourth-order valence-corrected chi connectivity index (χ4v) is 0.875. The van der Waals surface area contributed by atoms with Gasteiger partial charge in [0.15, 0.2) is 0 Å². The van der Waals surface area contributed by atoms with E-state index in [1.54, 1.807) is 0 Å². The van der Waals surface area contributed by atoms with Gasteiger partial charge in [0.25, 0.3) is 0 Å². The average molecular weight is 129 g/mol. The summed E-state index contributed by atoms with van der Waals surface area (Å²) in [5.74, 6) is 5.27. The smallest absolute Gasteiger partial charge is 0.220 e. The van der Waals surface area contributed by atoms with Crippen LogP contribution in [0.2, 0.25) is 0 Å². The molecule has 1 fully saturated rings. The molecule has 9 heavy (non-hydrogen) atoms. The molecule has 4 N–H and O–H groups in total. The van der Waals surface area contributed by atoms with Crippen LogP contribution in [0.5, 0.6) is 0 Å². The van der Waals surface area contributed by atoms with Gasteiger partial charge in [0.1, 0.15) is 0 Å². The van der Waals surface area contributed by atoms with Crippen LogP contribution in [0, 0.1) is 0 Å². The maximum Gasteiger partial charge on any atom is 0.220 e. The van der Waals surface area contributed by atoms with Gasteiger partial charge in [-0.3, -0.25) is 16.1 Å². The Hall–Kier alpha value is -0.610. The van der Waals surface area contributed by atoms with Crippen molar-refractivity contribution in [3.63, 3.8) is 0 Å². The van der Waals surface area contributed by atoms with E-state index in [0.717, 1.165) is 6.42 Å². The third-order valence-electron chi connectivity index (χ3n) is 1.50. The highest BCUT2D eigenvalue weighted by molar-refractivity contribution is 5.76. The zero-order valence-electron chi connectivity index (χ0n) is 5.18. The molecule has 0 aromatic carbocycles. The second kappa shape index (κ2) is 2.80. The highest BCUT2D eigenvalue weighted by Gasteiger charge is 2.15. The number of hydrazine groups is 1. The van der Waals surface area contributed by atoms with Crippen LogP contribution in [-0.2, 0) is 4.79 Å². The van der Waals surface area contributed by atoms with E-state index < -0.39 is 0 Å². The molecule has 1 aliphatic rings. The first-order valence-electron chi connectivity index (χ1n) is 3.06. The Morgan fingerprint density at radius 2 is 2.56 bits per heavy atom. The number of hydrogen-bond donors (Lipinski definition) is 3. The third-order valence-corrected chi connectivity index (χ3v) is 1.50. The number of carbonyl (C=O) groups is 1. The van der Waals surface area contributed by atoms with Crippen molar-refractivity contribution in [3.8, 4) is 0 Å². The number of piperidine rings is 1. The van der Waals surface area contributed by atoms with Crippen molar-refractivity contribution in [2.75, 3.05) is 6.54 Å². The topological polar surface area (TPSA) is 67.1 Å². The van der Waals surface area contributed by atoms with Gasteiger partial charge >= 0.3 is 0 Å². The summed E-state index contributed by atoms with van der Waals surface area (Å²) in [6, 6.07) is 0.266. The Balaban J connectivity index is 2.26. The molecule has 0 radical (unpaired) electrons. The molecular weight excluding hydrogens is 118 g/mol. The molecule has 52 valence electrons. The Morgan fingerprint density at radius 1 is 1.78 bits per heavy atom. The van der Waals surface area contributed by atoms with Gasteiger partial charge in [-0.1, -0.05) is 0 Å². The van der Waals surface area contributed by atoms with Crippen LogP contribution >= 0.6 is 0 Å². The summed E-state index contributed by atoms with van der Waals surface area (Å²) < 4.78 is 0. The van der Waals surface area contributed by atoms with Crippen LogP contribution in [0.1, 0.15) is 12.8 Å². The Bertz CT molecular complexity index is 105. The van der Waals surface area contributed by atoms with Gasteiger partial charge in [0.2, 0.25) is 5.91 Å². The Labute approximate surface area is 53.8 Å². The van der Waals surface area contributed by atoms with Gasteiger partial charge in [0.05, 0.1) is 0 Å². The monoisotopic (exact) mass is 129 g/mol. The molecule has 1 heterocycles. The van der Waals surface area contributed by atoms with Gasteiger partial charge in [-0.25, -0.2) is 0 Å². The predicted molar refractivity (Wildman–Crippen MR) is 33.4 cm³/mol. The molecule has 1 rings (SSSR count). The summed E-state index contributed by atoms with van der Waals surface area (Å²) >= 11 is 0. The summed E-state index contributed by atoms with van der Waals surface area (Å²) in [6.45, 7) is 0.662. The maximum atomic E-state index is 10.5. The van der Waals surface area contributed by atoms with Crippen molar-refractivity contribution in [1.29, 1.82) is 0 Å². The minimum atomic E-state index is 0.126. The van der Waals surface area contributed by atoms with Crippen LogP contribution in [0.25, 0.3) is 0 Å². The maximum absolute atomic E-state index is 10.5. The normalized spacial score (nSPS) is 27.7. The number of nitrogens with two attached hydrogens (primary N) is 1. The van der Waals surface area contributed by atoms with Crippen molar-refractivity contribution in [2.45, 2.75) is 18.9 Å². The van der Waals surface area contributed by atoms with Crippen LogP contribution in [0.4, 0.5) is 0 Å². The van der Waals surface area contributed by atoms with E-state index in [2.05, 4.69) is 10.7 Å². The van der Waals surface area contributed by atoms with Crippen molar-refractivity contribution in [3.05, 3.63) is 0 Å². The number of amides is 1. The van der Waals surface area contributed by atoms with Crippen molar-refractivity contribution in [2.24, 2.45) is 5.84 Å². The highest BCUT2D eigenvalue weighted by atomic mass is 16.1. The molecule has 0 aromatic rings. The Morgan fingerprint density at radius 3 is 3.00 bits per heavy atom. The molecule has 0 saturated carbocycles. The van der Waals surface area contributed by atoms with Crippen molar-refractivity contribution in [1.82, 2.24) is 10.7 Å². The van der Waals surface area contributed by atoms with Gasteiger partial charge in [-0.2, -0.15) is 0 Å². The lowest BCUT2D eigenvalue weighted by atomic mass is 10.1.